The smallest absolute Gasteiger partial charge is 0.129 e. The number of hydrogen-bond donors (Lipinski definition) is 0. The molecule has 21 heavy (non-hydrogen) atoms. The van der Waals surface area contributed by atoms with Crippen LogP contribution in [-0.2, 0) is 6.54 Å². The first-order valence-electron chi connectivity index (χ1n) is 7.16. The number of nitrogens with zero attached hydrogens (tertiary/aromatic N) is 1. The Hall–Kier alpha value is -2.48. The fourth-order valence-corrected chi connectivity index (χ4v) is 2.64. The molecule has 0 aliphatic heterocycles. The van der Waals surface area contributed by atoms with Gasteiger partial charge in [0.25, 0.3) is 0 Å². The summed E-state index contributed by atoms with van der Waals surface area (Å²) in [5.74, 6) is 0.919. The first kappa shape index (κ1) is 13.5. The lowest BCUT2D eigenvalue weighted by Crippen LogP contribution is -2.01. The minimum Gasteiger partial charge on any atom is -0.489 e. The van der Waals surface area contributed by atoms with E-state index in [9.17, 15) is 0 Å². The largest absolute Gasteiger partial charge is 0.489 e. The second-order valence-electron chi connectivity index (χ2n) is 5.15. The fourth-order valence-electron chi connectivity index (χ4n) is 2.64. The van der Waals surface area contributed by atoms with Gasteiger partial charge in [0.2, 0.25) is 0 Å². The summed E-state index contributed by atoms with van der Waals surface area (Å²) in [5.41, 5.74) is 3.75. The second-order valence-corrected chi connectivity index (χ2v) is 5.15. The van der Waals surface area contributed by atoms with Crippen LogP contribution in [-0.4, -0.2) is 11.2 Å². The van der Waals surface area contributed by atoms with Crippen LogP contribution >= 0.6 is 0 Å². The topological polar surface area (TPSA) is 14.2 Å². The zero-order valence-corrected chi connectivity index (χ0v) is 12.3. The maximum atomic E-state index is 5.76. The second kappa shape index (κ2) is 5.88. The maximum Gasteiger partial charge on any atom is 0.129 e. The molecule has 0 saturated heterocycles. The molecule has 0 bridgehead atoms. The van der Waals surface area contributed by atoms with Crippen molar-refractivity contribution in [3.63, 3.8) is 0 Å². The predicted molar refractivity (Wildman–Crippen MR) is 87.9 cm³/mol. The average molecular weight is 277 g/mol. The first-order valence-corrected chi connectivity index (χ1v) is 7.16. The van der Waals surface area contributed by atoms with Crippen molar-refractivity contribution in [1.82, 2.24) is 4.57 Å². The quantitative estimate of drug-likeness (QED) is 0.623. The molecule has 0 aliphatic carbocycles. The molecule has 0 radical (unpaired) electrons. The molecule has 0 atom stereocenters. The van der Waals surface area contributed by atoms with Crippen molar-refractivity contribution in [3.05, 3.63) is 78.5 Å². The summed E-state index contributed by atoms with van der Waals surface area (Å²) in [6.45, 7) is 7.25. The molecule has 106 valence electrons. The third-order valence-corrected chi connectivity index (χ3v) is 3.65. The van der Waals surface area contributed by atoms with Crippen molar-refractivity contribution >= 4 is 10.9 Å². The Balaban J connectivity index is 2.03. The van der Waals surface area contributed by atoms with Crippen LogP contribution in [0.1, 0.15) is 11.3 Å². The van der Waals surface area contributed by atoms with Crippen molar-refractivity contribution in [2.75, 3.05) is 6.61 Å². The van der Waals surface area contributed by atoms with E-state index in [0.717, 1.165) is 17.7 Å². The van der Waals surface area contributed by atoms with Crippen molar-refractivity contribution < 1.29 is 4.74 Å². The van der Waals surface area contributed by atoms with Crippen LogP contribution in [0.4, 0.5) is 0 Å². The van der Waals surface area contributed by atoms with Gasteiger partial charge in [-0.25, -0.2) is 0 Å². The molecule has 3 aromatic rings. The van der Waals surface area contributed by atoms with E-state index in [2.05, 4.69) is 54.5 Å². The van der Waals surface area contributed by atoms with Gasteiger partial charge in [0, 0.05) is 17.6 Å². The molecule has 0 unspecified atom stereocenters. The molecule has 0 aliphatic rings. The molecule has 0 fully saturated rings. The number of rotatable bonds is 5. The molecule has 1 aromatic heterocycles. The van der Waals surface area contributed by atoms with Gasteiger partial charge in [-0.3, -0.25) is 0 Å². The first-order chi connectivity index (χ1) is 10.3. The predicted octanol–water partition coefficient (Wildman–Crippen LogP) is 4.56. The van der Waals surface area contributed by atoms with E-state index in [1.807, 2.05) is 18.2 Å². The number of aryl methyl sites for hydroxylation is 1. The van der Waals surface area contributed by atoms with Crippen LogP contribution in [0.2, 0.25) is 0 Å². The van der Waals surface area contributed by atoms with E-state index in [-0.39, 0.29) is 0 Å². The Bertz CT molecular complexity index is 756. The Morgan fingerprint density at radius 3 is 2.67 bits per heavy atom. The SMILES string of the molecule is C=CCOc1cccc2c1cc(C)n2Cc1ccccc1. The average Bonchev–Trinajstić information content (AvgIpc) is 2.83. The van der Waals surface area contributed by atoms with E-state index in [1.165, 1.54) is 16.8 Å². The van der Waals surface area contributed by atoms with Crippen LogP contribution in [0.15, 0.2) is 67.3 Å². The Morgan fingerprint density at radius 1 is 1.10 bits per heavy atom. The molecule has 0 spiro atoms. The number of aromatic nitrogens is 1. The van der Waals surface area contributed by atoms with Crippen LogP contribution in [0.25, 0.3) is 10.9 Å². The summed E-state index contributed by atoms with van der Waals surface area (Å²) in [6, 6.07) is 18.9. The number of hydrogen-bond acceptors (Lipinski definition) is 1. The molecule has 2 nitrogen and oxygen atoms in total. The van der Waals surface area contributed by atoms with Gasteiger partial charge in [-0.05, 0) is 30.7 Å². The summed E-state index contributed by atoms with van der Waals surface area (Å²) in [7, 11) is 0. The van der Waals surface area contributed by atoms with Gasteiger partial charge < -0.3 is 9.30 Å². The molecule has 0 amide bonds. The lowest BCUT2D eigenvalue weighted by Gasteiger charge is -2.09. The summed E-state index contributed by atoms with van der Waals surface area (Å²) in [5, 5.41) is 1.16. The Kier molecular flexibility index (Phi) is 3.78. The zero-order valence-electron chi connectivity index (χ0n) is 12.3. The lowest BCUT2D eigenvalue weighted by molar-refractivity contribution is 0.367. The van der Waals surface area contributed by atoms with Gasteiger partial charge in [-0.1, -0.05) is 49.1 Å². The van der Waals surface area contributed by atoms with Gasteiger partial charge in [0.1, 0.15) is 12.4 Å². The highest BCUT2D eigenvalue weighted by Crippen LogP contribution is 2.29. The molecule has 3 rings (SSSR count). The number of ether oxygens (including phenoxy) is 1. The van der Waals surface area contributed by atoms with Gasteiger partial charge in [0.05, 0.1) is 5.52 Å². The van der Waals surface area contributed by atoms with Crippen LogP contribution in [0.3, 0.4) is 0 Å². The van der Waals surface area contributed by atoms with Gasteiger partial charge >= 0.3 is 0 Å². The summed E-state index contributed by atoms with van der Waals surface area (Å²) in [6.07, 6.45) is 1.77. The zero-order chi connectivity index (χ0) is 14.7. The number of fused-ring (bicyclic) bond motifs is 1. The summed E-state index contributed by atoms with van der Waals surface area (Å²) >= 11 is 0. The maximum absolute atomic E-state index is 5.76. The van der Waals surface area contributed by atoms with E-state index in [0.29, 0.717) is 6.61 Å². The highest BCUT2D eigenvalue weighted by molar-refractivity contribution is 5.87. The van der Waals surface area contributed by atoms with E-state index >= 15 is 0 Å². The number of benzene rings is 2. The van der Waals surface area contributed by atoms with Crippen LogP contribution in [0.5, 0.6) is 5.75 Å². The molecule has 1 heterocycles. The van der Waals surface area contributed by atoms with Gasteiger partial charge in [0.15, 0.2) is 0 Å². The van der Waals surface area contributed by atoms with Crippen LogP contribution < -0.4 is 4.74 Å². The standard InChI is InChI=1S/C19H19NO/c1-3-12-21-19-11-7-10-18-17(19)13-15(2)20(18)14-16-8-5-4-6-9-16/h3-11,13H,1,12,14H2,2H3. The Morgan fingerprint density at radius 2 is 1.90 bits per heavy atom. The molecule has 2 aromatic carbocycles. The summed E-state index contributed by atoms with van der Waals surface area (Å²) in [4.78, 5) is 0. The molecular weight excluding hydrogens is 258 g/mol. The molecule has 0 saturated carbocycles. The summed E-state index contributed by atoms with van der Waals surface area (Å²) < 4.78 is 8.08. The van der Waals surface area contributed by atoms with Crippen LogP contribution in [0, 0.1) is 6.92 Å². The highest BCUT2D eigenvalue weighted by Gasteiger charge is 2.10. The van der Waals surface area contributed by atoms with E-state index in [1.54, 1.807) is 6.08 Å². The third kappa shape index (κ3) is 2.70. The van der Waals surface area contributed by atoms with Crippen molar-refractivity contribution in [3.8, 4) is 5.75 Å². The minimum atomic E-state index is 0.530. The minimum absolute atomic E-state index is 0.530. The molecule has 0 N–H and O–H groups in total. The van der Waals surface area contributed by atoms with Crippen molar-refractivity contribution in [2.24, 2.45) is 0 Å². The Labute approximate surface area is 125 Å². The molecular formula is C19H19NO. The normalized spacial score (nSPS) is 10.7. The van der Waals surface area contributed by atoms with E-state index in [4.69, 9.17) is 4.74 Å². The lowest BCUT2D eigenvalue weighted by atomic mass is 10.2. The fraction of sp³-hybridized carbons (Fsp3) is 0.158. The highest BCUT2D eigenvalue weighted by atomic mass is 16.5. The van der Waals surface area contributed by atoms with E-state index < -0.39 is 0 Å². The third-order valence-electron chi connectivity index (χ3n) is 3.65. The molecule has 2 heteroatoms. The van der Waals surface area contributed by atoms with Gasteiger partial charge in [-0.15, -0.1) is 0 Å². The monoisotopic (exact) mass is 277 g/mol. The van der Waals surface area contributed by atoms with Crippen molar-refractivity contribution in [2.45, 2.75) is 13.5 Å². The van der Waals surface area contributed by atoms with Gasteiger partial charge in [-0.2, -0.15) is 0 Å². The van der Waals surface area contributed by atoms with Crippen molar-refractivity contribution in [1.29, 1.82) is 0 Å².